The lowest BCUT2D eigenvalue weighted by molar-refractivity contribution is 0.0789. The molecule has 2 aliphatic rings. The summed E-state index contributed by atoms with van der Waals surface area (Å²) >= 11 is 1.21. The van der Waals surface area contributed by atoms with Gasteiger partial charge in [-0.1, -0.05) is 4.49 Å². The number of rotatable bonds is 1. The molecule has 2 atom stereocenters. The maximum absolute atomic E-state index is 12.3. The van der Waals surface area contributed by atoms with Crippen molar-refractivity contribution in [2.75, 3.05) is 19.6 Å². The van der Waals surface area contributed by atoms with Crippen molar-refractivity contribution in [1.82, 2.24) is 19.8 Å². The second-order valence-corrected chi connectivity index (χ2v) is 5.61. The third kappa shape index (κ3) is 1.95. The molecule has 3 rings (SSSR count). The Labute approximate surface area is 104 Å². The highest BCUT2D eigenvalue weighted by Crippen LogP contribution is 2.26. The van der Waals surface area contributed by atoms with E-state index < -0.39 is 0 Å². The second kappa shape index (κ2) is 4.34. The van der Waals surface area contributed by atoms with Gasteiger partial charge in [-0.3, -0.25) is 4.79 Å². The third-order valence-corrected chi connectivity index (χ3v) is 4.55. The lowest BCUT2D eigenvalue weighted by atomic mass is 9.94. The number of carbonyl (C=O) groups excluding carboxylic acids is 1. The van der Waals surface area contributed by atoms with E-state index >= 15 is 0 Å². The summed E-state index contributed by atoms with van der Waals surface area (Å²) in [4.78, 5) is 15.0. The highest BCUT2D eigenvalue weighted by molar-refractivity contribution is 7.07. The van der Waals surface area contributed by atoms with Gasteiger partial charge in [0.1, 0.15) is 4.88 Å². The normalized spacial score (nSPS) is 28.2. The van der Waals surface area contributed by atoms with Crippen LogP contribution in [0.2, 0.25) is 0 Å². The van der Waals surface area contributed by atoms with Crippen molar-refractivity contribution in [2.45, 2.75) is 25.8 Å². The molecule has 2 aliphatic heterocycles. The minimum atomic E-state index is 0.105. The molecule has 3 heterocycles. The molecule has 1 aromatic heterocycles. The van der Waals surface area contributed by atoms with Crippen LogP contribution in [0.15, 0.2) is 0 Å². The van der Waals surface area contributed by atoms with Crippen LogP contribution >= 0.6 is 11.5 Å². The van der Waals surface area contributed by atoms with Crippen LogP contribution in [0.1, 0.15) is 28.2 Å². The summed E-state index contributed by atoms with van der Waals surface area (Å²) in [6, 6.07) is 0.494. The Morgan fingerprint density at radius 3 is 3.12 bits per heavy atom. The number of hydrogen-bond acceptors (Lipinski definition) is 5. The number of likely N-dealkylation sites (tertiary alicyclic amines) is 1. The molecule has 6 heteroatoms. The molecule has 1 N–H and O–H groups in total. The Hall–Kier alpha value is -1.01. The number of nitrogens with one attached hydrogen (secondary N) is 1. The minimum Gasteiger partial charge on any atom is -0.336 e. The Kier molecular flexibility index (Phi) is 2.84. The fraction of sp³-hybridized carbons (Fsp3) is 0.727. The van der Waals surface area contributed by atoms with Crippen LogP contribution in [0.4, 0.5) is 0 Å². The van der Waals surface area contributed by atoms with Crippen LogP contribution in [0.25, 0.3) is 0 Å². The van der Waals surface area contributed by atoms with Crippen LogP contribution in [0, 0.1) is 12.8 Å². The van der Waals surface area contributed by atoms with E-state index in [1.165, 1.54) is 24.4 Å². The molecular weight excluding hydrogens is 236 g/mol. The maximum Gasteiger partial charge on any atom is 0.267 e. The standard InChI is InChI=1S/C11H16N4OS/c1-7-10(17-14-13-7)11(16)15-5-8-3-2-4-12-9(8)6-15/h8-9,12H,2-6H2,1H3/t8-,9+/m0/s1. The van der Waals surface area contributed by atoms with Crippen LogP contribution in [0.5, 0.6) is 0 Å². The molecule has 2 saturated heterocycles. The average Bonchev–Trinajstić information content (AvgIpc) is 2.93. The molecule has 0 saturated carbocycles. The number of amides is 1. The Balaban J connectivity index is 1.74. The molecule has 17 heavy (non-hydrogen) atoms. The lowest BCUT2D eigenvalue weighted by Gasteiger charge is -2.24. The molecular formula is C11H16N4OS. The van der Waals surface area contributed by atoms with Crippen LogP contribution < -0.4 is 5.32 Å². The van der Waals surface area contributed by atoms with Gasteiger partial charge in [0.25, 0.3) is 5.91 Å². The number of nitrogens with zero attached hydrogens (tertiary/aromatic N) is 3. The largest absolute Gasteiger partial charge is 0.336 e. The van der Waals surface area contributed by atoms with Gasteiger partial charge < -0.3 is 10.2 Å². The highest BCUT2D eigenvalue weighted by atomic mass is 32.1. The average molecular weight is 252 g/mol. The summed E-state index contributed by atoms with van der Waals surface area (Å²) in [5.41, 5.74) is 0.753. The van der Waals surface area contributed by atoms with Gasteiger partial charge in [-0.15, -0.1) is 5.10 Å². The monoisotopic (exact) mass is 252 g/mol. The number of fused-ring (bicyclic) bond motifs is 1. The van der Waals surface area contributed by atoms with Gasteiger partial charge in [0, 0.05) is 19.1 Å². The van der Waals surface area contributed by atoms with E-state index in [1.807, 2.05) is 11.8 Å². The van der Waals surface area contributed by atoms with Gasteiger partial charge in [-0.05, 0) is 43.8 Å². The van der Waals surface area contributed by atoms with E-state index in [-0.39, 0.29) is 5.91 Å². The molecule has 0 radical (unpaired) electrons. The molecule has 5 nitrogen and oxygen atoms in total. The molecule has 1 amide bonds. The smallest absolute Gasteiger partial charge is 0.267 e. The van der Waals surface area contributed by atoms with Crippen molar-refractivity contribution in [3.05, 3.63) is 10.6 Å². The first-order valence-electron chi connectivity index (χ1n) is 6.07. The molecule has 2 fully saturated rings. The predicted octanol–water partition coefficient (Wildman–Crippen LogP) is 0.671. The quantitative estimate of drug-likeness (QED) is 0.798. The number of aromatic nitrogens is 2. The summed E-state index contributed by atoms with van der Waals surface area (Å²) in [6.45, 7) is 4.65. The van der Waals surface area contributed by atoms with E-state index in [9.17, 15) is 4.79 Å². The van der Waals surface area contributed by atoms with Crippen molar-refractivity contribution in [3.8, 4) is 0 Å². The van der Waals surface area contributed by atoms with Gasteiger partial charge in [0.2, 0.25) is 0 Å². The van der Waals surface area contributed by atoms with Gasteiger partial charge in [-0.25, -0.2) is 0 Å². The first kappa shape index (κ1) is 11.1. The lowest BCUT2D eigenvalue weighted by Crippen LogP contribution is -2.41. The van der Waals surface area contributed by atoms with Crippen molar-refractivity contribution in [1.29, 1.82) is 0 Å². The summed E-state index contributed by atoms with van der Waals surface area (Å²) in [7, 11) is 0. The SMILES string of the molecule is Cc1nnsc1C(=O)N1C[C@@H]2CCCN[C@@H]2C1. The topological polar surface area (TPSA) is 58.1 Å². The van der Waals surface area contributed by atoms with Gasteiger partial charge >= 0.3 is 0 Å². The zero-order valence-electron chi connectivity index (χ0n) is 9.85. The summed E-state index contributed by atoms with van der Waals surface area (Å²) < 4.78 is 3.83. The number of carbonyl (C=O) groups is 1. The van der Waals surface area contributed by atoms with Gasteiger partial charge in [0.05, 0.1) is 5.69 Å². The first-order valence-corrected chi connectivity index (χ1v) is 6.84. The molecule has 0 spiro atoms. The molecule has 0 aliphatic carbocycles. The zero-order chi connectivity index (χ0) is 11.8. The number of hydrogen-bond donors (Lipinski definition) is 1. The Morgan fingerprint density at radius 1 is 1.53 bits per heavy atom. The second-order valence-electron chi connectivity index (χ2n) is 4.86. The highest BCUT2D eigenvalue weighted by Gasteiger charge is 2.37. The molecule has 0 aromatic carbocycles. The summed E-state index contributed by atoms with van der Waals surface area (Å²) in [6.07, 6.45) is 2.46. The van der Waals surface area contributed by atoms with Crippen molar-refractivity contribution >= 4 is 17.4 Å². The summed E-state index contributed by atoms with van der Waals surface area (Å²) in [5.74, 6) is 0.739. The van der Waals surface area contributed by atoms with Gasteiger partial charge in [0.15, 0.2) is 0 Å². The third-order valence-electron chi connectivity index (χ3n) is 3.73. The predicted molar refractivity (Wildman–Crippen MR) is 65.1 cm³/mol. The van der Waals surface area contributed by atoms with E-state index in [0.717, 1.165) is 25.3 Å². The maximum atomic E-state index is 12.3. The first-order chi connectivity index (χ1) is 8.25. The van der Waals surface area contributed by atoms with E-state index in [1.54, 1.807) is 0 Å². The Morgan fingerprint density at radius 2 is 2.41 bits per heavy atom. The minimum absolute atomic E-state index is 0.105. The molecule has 0 bridgehead atoms. The van der Waals surface area contributed by atoms with E-state index in [2.05, 4.69) is 14.9 Å². The van der Waals surface area contributed by atoms with Crippen molar-refractivity contribution in [2.24, 2.45) is 5.92 Å². The molecule has 92 valence electrons. The van der Waals surface area contributed by atoms with Crippen molar-refractivity contribution < 1.29 is 4.79 Å². The van der Waals surface area contributed by atoms with E-state index in [4.69, 9.17) is 0 Å². The molecule has 1 aromatic rings. The zero-order valence-corrected chi connectivity index (χ0v) is 10.7. The van der Waals surface area contributed by atoms with E-state index in [0.29, 0.717) is 16.8 Å². The van der Waals surface area contributed by atoms with Gasteiger partial charge in [-0.2, -0.15) is 0 Å². The van der Waals surface area contributed by atoms with Crippen LogP contribution in [-0.4, -0.2) is 46.1 Å². The fourth-order valence-electron chi connectivity index (χ4n) is 2.78. The van der Waals surface area contributed by atoms with Crippen LogP contribution in [-0.2, 0) is 0 Å². The number of piperidine rings is 1. The number of aryl methyl sites for hydroxylation is 1. The summed E-state index contributed by atoms with van der Waals surface area (Å²) in [5, 5.41) is 7.41. The van der Waals surface area contributed by atoms with Crippen LogP contribution in [0.3, 0.4) is 0 Å². The Bertz CT molecular complexity index is 419. The molecule has 0 unspecified atom stereocenters. The van der Waals surface area contributed by atoms with Crippen molar-refractivity contribution in [3.63, 3.8) is 0 Å². The fourth-order valence-corrected chi connectivity index (χ4v) is 3.41.